The fourth-order valence-electron chi connectivity index (χ4n) is 4.91. The Bertz CT molecular complexity index is 1300. The van der Waals surface area contributed by atoms with E-state index in [0.717, 1.165) is 29.1 Å². The number of carbonyl (C=O) groups excluding carboxylic acids is 1. The SMILES string of the molecule is COc1cc(/C=C2\CCC3CNCC(c4cc(F)c(F)c(F)c4)N3C2=O)ccc1-n1cnc(C)c1. The Morgan fingerprint density at radius 1 is 1.14 bits per heavy atom. The van der Waals surface area contributed by atoms with Gasteiger partial charge in [0.05, 0.1) is 30.9 Å². The predicted molar refractivity (Wildman–Crippen MR) is 125 cm³/mol. The number of rotatable bonds is 4. The number of aryl methyl sites for hydroxylation is 1. The van der Waals surface area contributed by atoms with Crippen LogP contribution in [0.25, 0.3) is 11.8 Å². The van der Waals surface area contributed by atoms with Crippen molar-refractivity contribution in [3.8, 4) is 11.4 Å². The van der Waals surface area contributed by atoms with Crippen LogP contribution < -0.4 is 10.1 Å². The van der Waals surface area contributed by atoms with Gasteiger partial charge in [-0.15, -0.1) is 0 Å². The zero-order valence-corrected chi connectivity index (χ0v) is 19.4. The van der Waals surface area contributed by atoms with E-state index in [4.69, 9.17) is 4.74 Å². The molecular weight excluding hydrogens is 457 g/mol. The summed E-state index contributed by atoms with van der Waals surface area (Å²) in [7, 11) is 1.59. The molecule has 5 rings (SSSR count). The van der Waals surface area contributed by atoms with Crippen molar-refractivity contribution in [1.29, 1.82) is 0 Å². The van der Waals surface area contributed by atoms with Crippen LogP contribution in [0.15, 0.2) is 48.4 Å². The summed E-state index contributed by atoms with van der Waals surface area (Å²) in [5.74, 6) is -3.59. The average Bonchev–Trinajstić information content (AvgIpc) is 3.29. The molecule has 182 valence electrons. The highest BCUT2D eigenvalue weighted by Crippen LogP contribution is 2.36. The molecule has 0 aliphatic carbocycles. The van der Waals surface area contributed by atoms with E-state index in [-0.39, 0.29) is 17.5 Å². The van der Waals surface area contributed by atoms with Crippen LogP contribution in [0.2, 0.25) is 0 Å². The number of nitrogens with zero attached hydrogens (tertiary/aromatic N) is 3. The summed E-state index contributed by atoms with van der Waals surface area (Å²) >= 11 is 0. The first-order valence-corrected chi connectivity index (χ1v) is 11.4. The molecule has 1 aromatic heterocycles. The fraction of sp³-hybridized carbons (Fsp3) is 0.308. The number of hydrogen-bond acceptors (Lipinski definition) is 4. The normalized spacial score (nSPS) is 21.3. The van der Waals surface area contributed by atoms with E-state index in [2.05, 4.69) is 10.3 Å². The van der Waals surface area contributed by atoms with Gasteiger partial charge in [-0.25, -0.2) is 18.2 Å². The van der Waals surface area contributed by atoms with Gasteiger partial charge in [0, 0.05) is 30.9 Å². The van der Waals surface area contributed by atoms with Crippen molar-refractivity contribution in [2.45, 2.75) is 31.8 Å². The molecule has 9 heteroatoms. The second kappa shape index (κ2) is 9.22. The third kappa shape index (κ3) is 4.32. The molecule has 1 N–H and O–H groups in total. The summed E-state index contributed by atoms with van der Waals surface area (Å²) in [5.41, 5.74) is 3.34. The number of amides is 1. The summed E-state index contributed by atoms with van der Waals surface area (Å²) < 4.78 is 48.8. The molecule has 0 saturated carbocycles. The number of methoxy groups -OCH3 is 1. The smallest absolute Gasteiger partial charge is 0.250 e. The van der Waals surface area contributed by atoms with Gasteiger partial charge in [-0.1, -0.05) is 6.07 Å². The van der Waals surface area contributed by atoms with Crippen molar-refractivity contribution >= 4 is 12.0 Å². The van der Waals surface area contributed by atoms with E-state index >= 15 is 0 Å². The summed E-state index contributed by atoms with van der Waals surface area (Å²) in [6.07, 6.45) is 6.71. The van der Waals surface area contributed by atoms with Crippen molar-refractivity contribution in [2.24, 2.45) is 0 Å². The molecular formula is C26H25F3N4O2. The minimum Gasteiger partial charge on any atom is -0.495 e. The summed E-state index contributed by atoms with van der Waals surface area (Å²) in [6, 6.07) is 6.89. The third-order valence-corrected chi connectivity index (χ3v) is 6.63. The zero-order valence-electron chi connectivity index (χ0n) is 19.4. The van der Waals surface area contributed by atoms with E-state index in [0.29, 0.717) is 37.3 Å². The molecule has 2 atom stereocenters. The number of hydrogen-bond donors (Lipinski definition) is 1. The van der Waals surface area contributed by atoms with Gasteiger partial charge >= 0.3 is 0 Å². The number of piperazine rings is 1. The van der Waals surface area contributed by atoms with Gasteiger partial charge in [0.2, 0.25) is 0 Å². The summed E-state index contributed by atoms with van der Waals surface area (Å²) in [5, 5.41) is 3.23. The molecule has 0 radical (unpaired) electrons. The van der Waals surface area contributed by atoms with Crippen molar-refractivity contribution in [1.82, 2.24) is 19.8 Å². The van der Waals surface area contributed by atoms with Gasteiger partial charge in [0.1, 0.15) is 5.75 Å². The monoisotopic (exact) mass is 482 g/mol. The van der Waals surface area contributed by atoms with E-state index in [1.54, 1.807) is 18.3 Å². The molecule has 2 fully saturated rings. The van der Waals surface area contributed by atoms with Crippen molar-refractivity contribution in [2.75, 3.05) is 20.2 Å². The van der Waals surface area contributed by atoms with Crippen LogP contribution in [0.4, 0.5) is 13.2 Å². The Kier molecular flexibility index (Phi) is 6.10. The van der Waals surface area contributed by atoms with Gasteiger partial charge in [-0.05, 0) is 61.2 Å². The average molecular weight is 483 g/mol. The van der Waals surface area contributed by atoms with Gasteiger partial charge in [-0.3, -0.25) is 4.79 Å². The number of ether oxygens (including phenoxy) is 1. The van der Waals surface area contributed by atoms with Crippen molar-refractivity contribution in [3.05, 3.63) is 82.7 Å². The molecule has 2 saturated heterocycles. The number of halogens is 3. The molecule has 2 aromatic carbocycles. The fourth-order valence-corrected chi connectivity index (χ4v) is 4.91. The quantitative estimate of drug-likeness (QED) is 0.445. The van der Waals surface area contributed by atoms with Gasteiger partial charge in [0.25, 0.3) is 5.91 Å². The van der Waals surface area contributed by atoms with Gasteiger partial charge in [0.15, 0.2) is 17.5 Å². The molecule has 2 aliphatic rings. The van der Waals surface area contributed by atoms with Gasteiger partial charge < -0.3 is 19.5 Å². The highest BCUT2D eigenvalue weighted by molar-refractivity contribution is 5.99. The topological polar surface area (TPSA) is 59.4 Å². The maximum absolute atomic E-state index is 13.9. The lowest BCUT2D eigenvalue weighted by molar-refractivity contribution is -0.135. The standard InChI is InChI=1S/C26H25F3N4O2/c1-15-13-32(14-31-15)22-6-3-16(8-24(22)35-2)7-17-4-5-19-11-30-12-23(33(19)26(17)34)18-9-20(27)25(29)21(28)10-18/h3,6-10,13-14,19,23,30H,4-5,11-12H2,1-2H3/b17-7+. The lowest BCUT2D eigenvalue weighted by Crippen LogP contribution is -2.57. The second-order valence-electron chi connectivity index (χ2n) is 8.90. The van der Waals surface area contributed by atoms with Crippen LogP contribution in [0.5, 0.6) is 5.75 Å². The summed E-state index contributed by atoms with van der Waals surface area (Å²) in [4.78, 5) is 19.5. The first kappa shape index (κ1) is 23.2. The van der Waals surface area contributed by atoms with E-state index in [9.17, 15) is 18.0 Å². The van der Waals surface area contributed by atoms with Crippen LogP contribution in [0.3, 0.4) is 0 Å². The van der Waals surface area contributed by atoms with Crippen molar-refractivity contribution < 1.29 is 22.7 Å². The van der Waals surface area contributed by atoms with E-state index < -0.39 is 23.5 Å². The lowest BCUT2D eigenvalue weighted by Gasteiger charge is -2.46. The maximum Gasteiger partial charge on any atom is 0.250 e. The van der Waals surface area contributed by atoms with Crippen LogP contribution >= 0.6 is 0 Å². The van der Waals surface area contributed by atoms with Gasteiger partial charge in [-0.2, -0.15) is 0 Å². The largest absolute Gasteiger partial charge is 0.495 e. The van der Waals surface area contributed by atoms with Crippen LogP contribution in [0, 0.1) is 24.4 Å². The van der Waals surface area contributed by atoms with E-state index in [1.165, 1.54) is 0 Å². The molecule has 0 spiro atoms. The molecule has 2 aliphatic heterocycles. The second-order valence-corrected chi connectivity index (χ2v) is 8.90. The Morgan fingerprint density at radius 3 is 2.60 bits per heavy atom. The molecule has 35 heavy (non-hydrogen) atoms. The molecule has 0 bridgehead atoms. The Hall–Kier alpha value is -3.59. The highest BCUT2D eigenvalue weighted by atomic mass is 19.2. The first-order valence-electron chi connectivity index (χ1n) is 11.4. The Morgan fingerprint density at radius 2 is 1.91 bits per heavy atom. The highest BCUT2D eigenvalue weighted by Gasteiger charge is 2.39. The van der Waals surface area contributed by atoms with Crippen LogP contribution in [-0.4, -0.2) is 46.6 Å². The Labute approximate surface area is 201 Å². The molecule has 1 amide bonds. The lowest BCUT2D eigenvalue weighted by atomic mass is 9.89. The predicted octanol–water partition coefficient (Wildman–Crippen LogP) is 4.33. The molecule has 3 heterocycles. The van der Waals surface area contributed by atoms with Crippen LogP contribution in [-0.2, 0) is 4.79 Å². The summed E-state index contributed by atoms with van der Waals surface area (Å²) in [6.45, 7) is 2.82. The zero-order chi connectivity index (χ0) is 24.7. The molecule has 2 unspecified atom stereocenters. The number of nitrogens with one attached hydrogen (secondary N) is 1. The number of piperidine rings is 1. The maximum atomic E-state index is 13.9. The molecule has 6 nitrogen and oxygen atoms in total. The van der Waals surface area contributed by atoms with Crippen molar-refractivity contribution in [3.63, 3.8) is 0 Å². The molecule has 3 aromatic rings. The number of carbonyl (C=O) groups is 1. The third-order valence-electron chi connectivity index (χ3n) is 6.63. The van der Waals surface area contributed by atoms with Crippen LogP contribution in [0.1, 0.15) is 35.7 Å². The Balaban J connectivity index is 1.46. The minimum atomic E-state index is -1.51. The number of fused-ring (bicyclic) bond motifs is 1. The number of aromatic nitrogens is 2. The first-order chi connectivity index (χ1) is 16.9. The number of benzene rings is 2. The minimum absolute atomic E-state index is 0.115. The number of imidazole rings is 1. The van der Waals surface area contributed by atoms with E-state index in [1.807, 2.05) is 42.0 Å².